The number of hydrogen-bond donors (Lipinski definition) is 1. The molecular formula is C21H24N6. The summed E-state index contributed by atoms with van der Waals surface area (Å²) in [7, 11) is 0. The van der Waals surface area contributed by atoms with Gasteiger partial charge in [-0.2, -0.15) is 4.98 Å². The van der Waals surface area contributed by atoms with Gasteiger partial charge in [0, 0.05) is 50.7 Å². The van der Waals surface area contributed by atoms with Crippen LogP contribution in [0, 0.1) is 6.92 Å². The summed E-state index contributed by atoms with van der Waals surface area (Å²) in [4.78, 5) is 18.4. The molecule has 6 nitrogen and oxygen atoms in total. The molecule has 0 aliphatic carbocycles. The maximum atomic E-state index is 4.74. The van der Waals surface area contributed by atoms with Crippen LogP contribution in [0.2, 0.25) is 0 Å². The summed E-state index contributed by atoms with van der Waals surface area (Å²) >= 11 is 0. The molecule has 4 rings (SSSR count). The van der Waals surface area contributed by atoms with Crippen molar-refractivity contribution in [1.82, 2.24) is 15.0 Å². The van der Waals surface area contributed by atoms with Crippen molar-refractivity contribution in [3.63, 3.8) is 0 Å². The van der Waals surface area contributed by atoms with Crippen LogP contribution in [-0.4, -0.2) is 41.1 Å². The summed E-state index contributed by atoms with van der Waals surface area (Å²) in [5.41, 5.74) is 2.19. The minimum atomic E-state index is 0.681. The summed E-state index contributed by atoms with van der Waals surface area (Å²) in [6.45, 7) is 6.45. The number of nitrogens with one attached hydrogen (secondary N) is 1. The number of aromatic nitrogens is 3. The highest BCUT2D eigenvalue weighted by Gasteiger charge is 2.19. The van der Waals surface area contributed by atoms with E-state index in [9.17, 15) is 0 Å². The van der Waals surface area contributed by atoms with Gasteiger partial charge >= 0.3 is 0 Å². The molecule has 138 valence electrons. The Labute approximate surface area is 159 Å². The van der Waals surface area contributed by atoms with Crippen LogP contribution in [0.1, 0.15) is 11.3 Å². The fourth-order valence-electron chi connectivity index (χ4n) is 3.28. The molecule has 6 heteroatoms. The largest absolute Gasteiger partial charge is 0.353 e. The number of piperazine rings is 1. The van der Waals surface area contributed by atoms with Gasteiger partial charge in [-0.15, -0.1) is 0 Å². The second kappa shape index (κ2) is 8.03. The molecule has 0 spiro atoms. The molecule has 2 aromatic heterocycles. The fraction of sp³-hybridized carbons (Fsp3) is 0.286. The van der Waals surface area contributed by atoms with E-state index in [4.69, 9.17) is 4.98 Å². The first-order valence-corrected chi connectivity index (χ1v) is 9.32. The Hall–Kier alpha value is -3.15. The monoisotopic (exact) mass is 360 g/mol. The molecule has 1 N–H and O–H groups in total. The maximum absolute atomic E-state index is 4.74. The SMILES string of the molecule is Cc1cc(N2CCN(c3ccccn3)CC2)nc(NCc2ccccc2)n1. The van der Waals surface area contributed by atoms with Gasteiger partial charge in [0.15, 0.2) is 0 Å². The van der Waals surface area contributed by atoms with Gasteiger partial charge in [-0.25, -0.2) is 9.97 Å². The molecule has 0 atom stereocenters. The van der Waals surface area contributed by atoms with E-state index in [1.165, 1.54) is 5.56 Å². The van der Waals surface area contributed by atoms with Crippen LogP contribution < -0.4 is 15.1 Å². The van der Waals surface area contributed by atoms with Crippen molar-refractivity contribution in [3.05, 3.63) is 72.1 Å². The van der Waals surface area contributed by atoms with Crippen molar-refractivity contribution in [2.24, 2.45) is 0 Å². The quantitative estimate of drug-likeness (QED) is 0.754. The lowest BCUT2D eigenvalue weighted by Gasteiger charge is -2.36. The number of nitrogens with zero attached hydrogens (tertiary/aromatic N) is 5. The molecule has 3 heterocycles. The lowest BCUT2D eigenvalue weighted by molar-refractivity contribution is 0.641. The molecule has 0 unspecified atom stereocenters. The minimum Gasteiger partial charge on any atom is -0.353 e. The average molecular weight is 360 g/mol. The molecular weight excluding hydrogens is 336 g/mol. The topological polar surface area (TPSA) is 57.2 Å². The smallest absolute Gasteiger partial charge is 0.225 e. The van der Waals surface area contributed by atoms with Crippen molar-refractivity contribution in [2.45, 2.75) is 13.5 Å². The summed E-state index contributed by atoms with van der Waals surface area (Å²) in [6, 6.07) is 18.4. The Morgan fingerprint density at radius 3 is 2.26 bits per heavy atom. The van der Waals surface area contributed by atoms with E-state index in [1.54, 1.807) is 0 Å². The van der Waals surface area contributed by atoms with Gasteiger partial charge < -0.3 is 15.1 Å². The van der Waals surface area contributed by atoms with E-state index in [0.717, 1.165) is 50.1 Å². The van der Waals surface area contributed by atoms with E-state index in [2.05, 4.69) is 49.4 Å². The second-order valence-corrected chi connectivity index (χ2v) is 6.69. The molecule has 3 aromatic rings. The molecule has 0 radical (unpaired) electrons. The van der Waals surface area contributed by atoms with Gasteiger partial charge in [0.1, 0.15) is 11.6 Å². The third kappa shape index (κ3) is 4.34. The van der Waals surface area contributed by atoms with Gasteiger partial charge in [-0.1, -0.05) is 36.4 Å². The van der Waals surface area contributed by atoms with Gasteiger partial charge in [-0.3, -0.25) is 0 Å². The van der Waals surface area contributed by atoms with E-state index < -0.39 is 0 Å². The van der Waals surface area contributed by atoms with Crippen LogP contribution in [0.15, 0.2) is 60.8 Å². The molecule has 1 aromatic carbocycles. The fourth-order valence-corrected chi connectivity index (χ4v) is 3.28. The average Bonchev–Trinajstić information content (AvgIpc) is 2.73. The van der Waals surface area contributed by atoms with Crippen molar-refractivity contribution >= 4 is 17.6 Å². The lowest BCUT2D eigenvalue weighted by atomic mass is 10.2. The normalized spacial score (nSPS) is 14.3. The second-order valence-electron chi connectivity index (χ2n) is 6.69. The van der Waals surface area contributed by atoms with Gasteiger partial charge in [0.05, 0.1) is 0 Å². The Kier molecular flexibility index (Phi) is 5.14. The van der Waals surface area contributed by atoms with E-state index in [1.807, 2.05) is 43.5 Å². The zero-order valence-corrected chi connectivity index (χ0v) is 15.5. The standard InChI is InChI=1S/C21H24N6/c1-17-15-20(25-21(24-17)23-16-18-7-3-2-4-8-18)27-13-11-26(12-14-27)19-9-5-6-10-22-19/h2-10,15H,11-14,16H2,1H3,(H,23,24,25). The van der Waals surface area contributed by atoms with Gasteiger partial charge in [0.25, 0.3) is 0 Å². The van der Waals surface area contributed by atoms with Gasteiger partial charge in [-0.05, 0) is 24.6 Å². The molecule has 1 aliphatic heterocycles. The molecule has 27 heavy (non-hydrogen) atoms. The summed E-state index contributed by atoms with van der Waals surface area (Å²) in [5.74, 6) is 2.71. The zero-order valence-electron chi connectivity index (χ0n) is 15.5. The first-order valence-electron chi connectivity index (χ1n) is 9.32. The Morgan fingerprint density at radius 2 is 1.56 bits per heavy atom. The van der Waals surface area contributed by atoms with E-state index in [-0.39, 0.29) is 0 Å². The van der Waals surface area contributed by atoms with Crippen molar-refractivity contribution < 1.29 is 0 Å². The number of rotatable bonds is 5. The van der Waals surface area contributed by atoms with Crippen LogP contribution in [0.3, 0.4) is 0 Å². The number of hydrogen-bond acceptors (Lipinski definition) is 6. The van der Waals surface area contributed by atoms with Crippen LogP contribution in [0.5, 0.6) is 0 Å². The highest BCUT2D eigenvalue weighted by molar-refractivity contribution is 5.48. The molecule has 0 bridgehead atoms. The molecule has 1 fully saturated rings. The molecule has 0 amide bonds. The maximum Gasteiger partial charge on any atom is 0.225 e. The Bertz CT molecular complexity index is 860. The van der Waals surface area contributed by atoms with E-state index >= 15 is 0 Å². The summed E-state index contributed by atoms with van der Waals surface area (Å²) in [5, 5.41) is 3.35. The number of pyridine rings is 1. The van der Waals surface area contributed by atoms with Crippen molar-refractivity contribution in [3.8, 4) is 0 Å². The van der Waals surface area contributed by atoms with E-state index in [0.29, 0.717) is 5.95 Å². The van der Waals surface area contributed by atoms with Crippen LogP contribution >= 0.6 is 0 Å². The predicted molar refractivity (Wildman–Crippen MR) is 109 cm³/mol. The van der Waals surface area contributed by atoms with Crippen molar-refractivity contribution in [2.75, 3.05) is 41.3 Å². The Balaban J connectivity index is 1.41. The number of aryl methyl sites for hydroxylation is 1. The van der Waals surface area contributed by atoms with Crippen LogP contribution in [0.4, 0.5) is 17.6 Å². The first kappa shape index (κ1) is 17.3. The van der Waals surface area contributed by atoms with Gasteiger partial charge in [0.2, 0.25) is 5.95 Å². The summed E-state index contributed by atoms with van der Waals surface area (Å²) in [6.07, 6.45) is 1.85. The highest BCUT2D eigenvalue weighted by Crippen LogP contribution is 2.19. The number of benzene rings is 1. The first-order chi connectivity index (χ1) is 13.3. The molecule has 0 saturated carbocycles. The van der Waals surface area contributed by atoms with Crippen LogP contribution in [0.25, 0.3) is 0 Å². The highest BCUT2D eigenvalue weighted by atomic mass is 15.3. The van der Waals surface area contributed by atoms with Crippen LogP contribution in [-0.2, 0) is 6.54 Å². The van der Waals surface area contributed by atoms with Crippen molar-refractivity contribution in [1.29, 1.82) is 0 Å². The third-order valence-electron chi connectivity index (χ3n) is 4.71. The molecule has 1 saturated heterocycles. The third-order valence-corrected chi connectivity index (χ3v) is 4.71. The summed E-state index contributed by atoms with van der Waals surface area (Å²) < 4.78 is 0. The molecule has 1 aliphatic rings. The Morgan fingerprint density at radius 1 is 0.852 bits per heavy atom. The zero-order chi connectivity index (χ0) is 18.5. The number of anilines is 3. The minimum absolute atomic E-state index is 0.681. The lowest BCUT2D eigenvalue weighted by Crippen LogP contribution is -2.47. The predicted octanol–water partition coefficient (Wildman–Crippen LogP) is 3.12.